The van der Waals surface area contributed by atoms with Crippen LogP contribution in [0.15, 0.2) is 47.7 Å². The third-order valence-corrected chi connectivity index (χ3v) is 3.48. The maximum absolute atomic E-state index is 14.0. The number of anilines is 1. The van der Waals surface area contributed by atoms with Crippen molar-refractivity contribution in [3.63, 3.8) is 0 Å². The number of aryl methyl sites for hydroxylation is 2. The topological polar surface area (TPSA) is 81.8 Å². The summed E-state index contributed by atoms with van der Waals surface area (Å²) in [5.74, 6) is -1.31. The van der Waals surface area contributed by atoms with E-state index in [1.54, 1.807) is 30.2 Å². The molecule has 0 aliphatic rings. The van der Waals surface area contributed by atoms with Crippen molar-refractivity contribution in [3.8, 4) is 11.1 Å². The largest absolute Gasteiger partial charge is 0.320 e. The molecule has 1 aromatic carbocycles. The van der Waals surface area contributed by atoms with Crippen molar-refractivity contribution < 1.29 is 9.18 Å². The average molecular weight is 327 g/mol. The Balaban J connectivity index is 1.91. The molecule has 122 valence electrons. The molecule has 0 radical (unpaired) electrons. The van der Waals surface area contributed by atoms with Crippen LogP contribution < -0.4 is 10.9 Å². The molecule has 2 heterocycles. The molecule has 0 spiro atoms. The highest BCUT2D eigenvalue weighted by molar-refractivity contribution is 6.05. The number of nitrogens with zero attached hydrogens (tertiary/aromatic N) is 4. The van der Waals surface area contributed by atoms with Crippen molar-refractivity contribution in [1.29, 1.82) is 0 Å². The van der Waals surface area contributed by atoms with E-state index in [9.17, 15) is 14.0 Å². The number of halogens is 1. The molecule has 0 bridgehead atoms. The standard InChI is InChI=1S/C16H14FN5O2/c1-21-9-11(7-18-21)10-3-4-14(17)13(5-10)16(24)20-12-6-15(23)22(2)19-8-12/h3-9H,1-2H3,(H,20,24). The number of carbonyl (C=O) groups excluding carboxylic acids is 1. The van der Waals surface area contributed by atoms with Gasteiger partial charge in [0.15, 0.2) is 0 Å². The molecule has 2 aromatic heterocycles. The van der Waals surface area contributed by atoms with Gasteiger partial charge in [-0.2, -0.15) is 10.2 Å². The first-order valence-corrected chi connectivity index (χ1v) is 7.07. The van der Waals surface area contributed by atoms with Crippen LogP contribution in [0, 0.1) is 5.82 Å². The van der Waals surface area contributed by atoms with Crippen molar-refractivity contribution in [3.05, 3.63) is 64.6 Å². The predicted molar refractivity (Wildman–Crippen MR) is 86.0 cm³/mol. The average Bonchev–Trinajstić information content (AvgIpc) is 2.98. The highest BCUT2D eigenvalue weighted by atomic mass is 19.1. The smallest absolute Gasteiger partial charge is 0.268 e. The zero-order valence-corrected chi connectivity index (χ0v) is 13.0. The van der Waals surface area contributed by atoms with E-state index >= 15 is 0 Å². The van der Waals surface area contributed by atoms with Gasteiger partial charge in [-0.05, 0) is 17.7 Å². The summed E-state index contributed by atoms with van der Waals surface area (Å²) >= 11 is 0. The molecule has 0 atom stereocenters. The minimum absolute atomic E-state index is 0.128. The predicted octanol–water partition coefficient (Wildman–Crippen LogP) is 1.57. The molecule has 0 fully saturated rings. The van der Waals surface area contributed by atoms with Gasteiger partial charge in [-0.3, -0.25) is 14.3 Å². The van der Waals surface area contributed by atoms with Gasteiger partial charge in [0, 0.05) is 31.9 Å². The Bertz CT molecular complexity index is 977. The monoisotopic (exact) mass is 327 g/mol. The van der Waals surface area contributed by atoms with Crippen LogP contribution in [0.1, 0.15) is 10.4 Å². The lowest BCUT2D eigenvalue weighted by Crippen LogP contribution is -2.21. The summed E-state index contributed by atoms with van der Waals surface area (Å²) in [4.78, 5) is 23.8. The second-order valence-corrected chi connectivity index (χ2v) is 5.26. The number of rotatable bonds is 3. The number of hydrogen-bond donors (Lipinski definition) is 1. The van der Waals surface area contributed by atoms with Crippen LogP contribution in [0.4, 0.5) is 10.1 Å². The van der Waals surface area contributed by atoms with Gasteiger partial charge in [0.2, 0.25) is 0 Å². The Morgan fingerprint density at radius 3 is 2.58 bits per heavy atom. The third kappa shape index (κ3) is 3.07. The van der Waals surface area contributed by atoms with Crippen LogP contribution in [0.5, 0.6) is 0 Å². The molecule has 1 amide bonds. The van der Waals surface area contributed by atoms with Crippen LogP contribution in [-0.4, -0.2) is 25.5 Å². The molecule has 0 aliphatic carbocycles. The van der Waals surface area contributed by atoms with E-state index in [-0.39, 0.29) is 16.8 Å². The summed E-state index contributed by atoms with van der Waals surface area (Å²) in [7, 11) is 3.26. The number of amides is 1. The lowest BCUT2D eigenvalue weighted by molar-refractivity contribution is 0.102. The molecule has 3 aromatic rings. The van der Waals surface area contributed by atoms with Crippen molar-refractivity contribution in [2.45, 2.75) is 0 Å². The van der Waals surface area contributed by atoms with E-state index in [0.29, 0.717) is 5.56 Å². The van der Waals surface area contributed by atoms with Gasteiger partial charge in [-0.1, -0.05) is 6.07 Å². The summed E-state index contributed by atoms with van der Waals surface area (Å²) in [5.41, 5.74) is 1.13. The first-order valence-electron chi connectivity index (χ1n) is 7.07. The Morgan fingerprint density at radius 2 is 1.92 bits per heavy atom. The van der Waals surface area contributed by atoms with E-state index in [0.717, 1.165) is 10.2 Å². The fourth-order valence-corrected chi connectivity index (χ4v) is 2.19. The van der Waals surface area contributed by atoms with Crippen molar-refractivity contribution in [2.24, 2.45) is 14.1 Å². The van der Waals surface area contributed by atoms with Gasteiger partial charge in [0.1, 0.15) is 5.82 Å². The van der Waals surface area contributed by atoms with Crippen molar-refractivity contribution in [2.75, 3.05) is 5.32 Å². The molecule has 3 rings (SSSR count). The minimum Gasteiger partial charge on any atom is -0.320 e. The first-order chi connectivity index (χ1) is 11.4. The van der Waals surface area contributed by atoms with E-state index in [4.69, 9.17) is 0 Å². The van der Waals surface area contributed by atoms with E-state index < -0.39 is 11.7 Å². The van der Waals surface area contributed by atoms with Crippen molar-refractivity contribution in [1.82, 2.24) is 19.6 Å². The van der Waals surface area contributed by atoms with Gasteiger partial charge < -0.3 is 5.32 Å². The Hall–Kier alpha value is -3.29. The quantitative estimate of drug-likeness (QED) is 0.792. The Morgan fingerprint density at radius 1 is 1.12 bits per heavy atom. The van der Waals surface area contributed by atoms with Crippen LogP contribution >= 0.6 is 0 Å². The molecule has 1 N–H and O–H groups in total. The normalized spacial score (nSPS) is 10.6. The molecule has 8 heteroatoms. The summed E-state index contributed by atoms with van der Waals surface area (Å²) in [6, 6.07) is 5.45. The van der Waals surface area contributed by atoms with Crippen LogP contribution in [0.3, 0.4) is 0 Å². The van der Waals surface area contributed by atoms with Crippen molar-refractivity contribution >= 4 is 11.6 Å². The third-order valence-electron chi connectivity index (χ3n) is 3.48. The molecule has 0 unspecified atom stereocenters. The van der Waals surface area contributed by atoms with Gasteiger partial charge in [0.25, 0.3) is 11.5 Å². The van der Waals surface area contributed by atoms with E-state index in [2.05, 4.69) is 15.5 Å². The molecule has 7 nitrogen and oxygen atoms in total. The number of carbonyl (C=O) groups is 1. The molecule has 0 saturated carbocycles. The van der Waals surface area contributed by atoms with E-state index in [1.807, 2.05) is 0 Å². The molecular weight excluding hydrogens is 313 g/mol. The van der Waals surface area contributed by atoms with Gasteiger partial charge in [-0.15, -0.1) is 0 Å². The zero-order valence-electron chi connectivity index (χ0n) is 13.0. The maximum atomic E-state index is 14.0. The fourth-order valence-electron chi connectivity index (χ4n) is 2.19. The molecule has 24 heavy (non-hydrogen) atoms. The Labute approximate surface area is 136 Å². The summed E-state index contributed by atoms with van der Waals surface area (Å²) < 4.78 is 16.8. The van der Waals surface area contributed by atoms with Gasteiger partial charge in [-0.25, -0.2) is 9.07 Å². The number of aromatic nitrogens is 4. The fraction of sp³-hybridized carbons (Fsp3) is 0.125. The lowest BCUT2D eigenvalue weighted by atomic mass is 10.1. The molecule has 0 saturated heterocycles. The maximum Gasteiger partial charge on any atom is 0.268 e. The van der Waals surface area contributed by atoms with Crippen LogP contribution in [0.25, 0.3) is 11.1 Å². The summed E-state index contributed by atoms with van der Waals surface area (Å²) in [5, 5.41) is 10.3. The Kier molecular flexibility index (Phi) is 3.95. The first kappa shape index (κ1) is 15.6. The van der Waals surface area contributed by atoms with Gasteiger partial charge in [0.05, 0.1) is 23.6 Å². The summed E-state index contributed by atoms with van der Waals surface area (Å²) in [6.45, 7) is 0. The molecule has 0 aliphatic heterocycles. The minimum atomic E-state index is -0.659. The second kappa shape index (κ2) is 6.07. The SMILES string of the molecule is Cn1cc(-c2ccc(F)c(C(=O)Nc3cnn(C)c(=O)c3)c2)cn1. The molecular formula is C16H14FN5O2. The lowest BCUT2D eigenvalue weighted by Gasteiger charge is -2.07. The van der Waals surface area contributed by atoms with Crippen LogP contribution in [0.2, 0.25) is 0 Å². The van der Waals surface area contributed by atoms with Crippen LogP contribution in [-0.2, 0) is 14.1 Å². The highest BCUT2D eigenvalue weighted by Crippen LogP contribution is 2.22. The summed E-state index contributed by atoms with van der Waals surface area (Å²) in [6.07, 6.45) is 4.71. The number of benzene rings is 1. The highest BCUT2D eigenvalue weighted by Gasteiger charge is 2.14. The van der Waals surface area contributed by atoms with Gasteiger partial charge >= 0.3 is 0 Å². The number of hydrogen-bond acceptors (Lipinski definition) is 4. The number of nitrogens with one attached hydrogen (secondary N) is 1. The van der Waals surface area contributed by atoms with E-state index in [1.165, 1.54) is 31.4 Å². The zero-order chi connectivity index (χ0) is 17.3. The second-order valence-electron chi connectivity index (χ2n) is 5.26.